The van der Waals surface area contributed by atoms with Gasteiger partial charge >= 0.3 is 5.97 Å². The molecule has 0 bridgehead atoms. The smallest absolute Gasteiger partial charge is 0.340 e. The number of rotatable bonds is 8. The molecule has 0 heterocycles. The van der Waals surface area contributed by atoms with Crippen LogP contribution in [-0.2, 0) is 11.3 Å². The molecule has 168 valence electrons. The third kappa shape index (κ3) is 5.48. The van der Waals surface area contributed by atoms with Crippen LogP contribution in [0.2, 0.25) is 0 Å². The first-order chi connectivity index (χ1) is 16.0. The zero-order chi connectivity index (χ0) is 23.8. The lowest BCUT2D eigenvalue weighted by molar-refractivity contribution is 0.0527. The van der Waals surface area contributed by atoms with Crippen LogP contribution in [0.5, 0.6) is 0 Å². The van der Waals surface area contributed by atoms with Crippen molar-refractivity contribution < 1.29 is 9.53 Å². The summed E-state index contributed by atoms with van der Waals surface area (Å²) in [5.41, 5.74) is 11.2. The third-order valence-corrected chi connectivity index (χ3v) is 5.41. The molecule has 0 fully saturated rings. The molecule has 33 heavy (non-hydrogen) atoms. The van der Waals surface area contributed by atoms with Crippen molar-refractivity contribution in [2.45, 2.75) is 20.4 Å². The maximum atomic E-state index is 12.6. The maximum Gasteiger partial charge on any atom is 0.340 e. The molecule has 7 heteroatoms. The van der Waals surface area contributed by atoms with Crippen molar-refractivity contribution in [2.75, 3.05) is 23.4 Å². The summed E-state index contributed by atoms with van der Waals surface area (Å²) >= 11 is 5.21. The van der Waals surface area contributed by atoms with E-state index in [0.29, 0.717) is 29.9 Å². The fourth-order valence-electron chi connectivity index (χ4n) is 3.60. The van der Waals surface area contributed by atoms with E-state index >= 15 is 0 Å². The van der Waals surface area contributed by atoms with Crippen LogP contribution in [0.15, 0.2) is 66.7 Å². The van der Waals surface area contributed by atoms with E-state index in [4.69, 9.17) is 22.7 Å². The lowest BCUT2D eigenvalue weighted by Gasteiger charge is -2.25. The van der Waals surface area contributed by atoms with E-state index in [1.54, 1.807) is 30.0 Å². The van der Waals surface area contributed by atoms with Crippen molar-refractivity contribution in [1.82, 2.24) is 0 Å². The van der Waals surface area contributed by atoms with Crippen LogP contribution in [0.25, 0.3) is 11.1 Å². The van der Waals surface area contributed by atoms with Gasteiger partial charge in [-0.25, -0.2) is 4.79 Å². The number of hydrogen-bond acceptors (Lipinski definition) is 5. The first kappa shape index (κ1) is 23.8. The van der Waals surface area contributed by atoms with E-state index in [1.807, 2.05) is 55.5 Å². The van der Waals surface area contributed by atoms with Crippen LogP contribution < -0.4 is 16.0 Å². The van der Waals surface area contributed by atoms with E-state index in [1.165, 1.54) is 0 Å². The van der Waals surface area contributed by atoms with Crippen molar-refractivity contribution >= 4 is 34.7 Å². The third-order valence-electron chi connectivity index (χ3n) is 5.19. The van der Waals surface area contributed by atoms with Gasteiger partial charge in [0.15, 0.2) is 5.11 Å². The summed E-state index contributed by atoms with van der Waals surface area (Å²) in [5, 5.41) is 13.0. The summed E-state index contributed by atoms with van der Waals surface area (Å²) in [6.45, 7) is 5.02. The summed E-state index contributed by atoms with van der Waals surface area (Å²) in [6, 6.07) is 23.1. The monoisotopic (exact) mass is 458 g/mol. The van der Waals surface area contributed by atoms with Crippen LogP contribution in [-0.4, -0.2) is 24.2 Å². The molecule has 0 aliphatic rings. The second-order valence-electron chi connectivity index (χ2n) is 7.21. The normalized spacial score (nSPS) is 10.2. The molecule has 3 aromatic carbocycles. The van der Waals surface area contributed by atoms with Crippen molar-refractivity contribution in [3.63, 3.8) is 0 Å². The molecule has 3 N–H and O–H groups in total. The van der Waals surface area contributed by atoms with Gasteiger partial charge in [-0.3, -0.25) is 0 Å². The van der Waals surface area contributed by atoms with Gasteiger partial charge in [-0.15, -0.1) is 0 Å². The highest BCUT2D eigenvalue weighted by Gasteiger charge is 2.20. The first-order valence-corrected chi connectivity index (χ1v) is 11.1. The number of benzene rings is 3. The molecule has 0 aliphatic carbocycles. The Balaban J connectivity index is 1.90. The largest absolute Gasteiger partial charge is 0.462 e. The molecule has 3 aromatic rings. The fraction of sp³-hybridized carbons (Fsp3) is 0.192. The van der Waals surface area contributed by atoms with Crippen molar-refractivity contribution in [3.05, 3.63) is 83.4 Å². The maximum absolute atomic E-state index is 12.6. The van der Waals surface area contributed by atoms with Gasteiger partial charge in [-0.1, -0.05) is 48.5 Å². The minimum atomic E-state index is -0.413. The van der Waals surface area contributed by atoms with E-state index in [9.17, 15) is 10.1 Å². The fourth-order valence-corrected chi connectivity index (χ4v) is 3.83. The molecule has 0 atom stereocenters. The minimum Gasteiger partial charge on any atom is -0.462 e. The van der Waals surface area contributed by atoms with Crippen LogP contribution >= 0.6 is 12.2 Å². The quantitative estimate of drug-likeness (QED) is 0.359. The molecular weight excluding hydrogens is 432 g/mol. The number of nitrogens with one attached hydrogen (secondary N) is 1. The van der Waals surface area contributed by atoms with E-state index in [0.717, 1.165) is 22.4 Å². The summed E-state index contributed by atoms with van der Waals surface area (Å²) in [6.07, 6.45) is 0. The summed E-state index contributed by atoms with van der Waals surface area (Å²) in [7, 11) is 0. The summed E-state index contributed by atoms with van der Waals surface area (Å²) < 4.78 is 5.25. The van der Waals surface area contributed by atoms with Crippen LogP contribution in [0.1, 0.15) is 35.3 Å². The number of anilines is 2. The number of carbonyl (C=O) groups excluding carboxylic acids is 1. The SMILES string of the molecule is CCOC(=O)c1cccc(N(CC)C(N)=S)c1NCc1ccc(-c2ccccc2C#N)cc1. The van der Waals surface area contributed by atoms with Gasteiger partial charge in [0.2, 0.25) is 0 Å². The van der Waals surface area contributed by atoms with Crippen LogP contribution in [0.4, 0.5) is 11.4 Å². The number of thiocarbonyl (C=S) groups is 1. The number of nitrogens with zero attached hydrogens (tertiary/aromatic N) is 2. The van der Waals surface area contributed by atoms with Crippen LogP contribution in [0, 0.1) is 11.3 Å². The number of carbonyl (C=O) groups is 1. The van der Waals surface area contributed by atoms with Crippen molar-refractivity contribution in [3.8, 4) is 17.2 Å². The number of ether oxygens (including phenoxy) is 1. The van der Waals surface area contributed by atoms with Crippen molar-refractivity contribution in [2.24, 2.45) is 5.73 Å². The zero-order valence-electron chi connectivity index (χ0n) is 18.7. The Labute approximate surface area is 199 Å². The topological polar surface area (TPSA) is 91.4 Å². The Morgan fingerprint density at radius 1 is 1.09 bits per heavy atom. The van der Waals surface area contributed by atoms with E-state index < -0.39 is 5.97 Å². The number of nitriles is 1. The molecule has 6 nitrogen and oxygen atoms in total. The molecule has 0 radical (unpaired) electrons. The van der Waals surface area contributed by atoms with E-state index in [2.05, 4.69) is 11.4 Å². The Hall–Kier alpha value is -3.89. The second kappa shape index (κ2) is 11.1. The molecule has 0 aromatic heterocycles. The Morgan fingerprint density at radius 3 is 2.45 bits per heavy atom. The molecule has 0 amide bonds. The average Bonchev–Trinajstić information content (AvgIpc) is 2.83. The lowest BCUT2D eigenvalue weighted by Crippen LogP contribution is -2.36. The van der Waals surface area contributed by atoms with Gasteiger partial charge in [0.05, 0.1) is 35.2 Å². The van der Waals surface area contributed by atoms with E-state index in [-0.39, 0.29) is 11.7 Å². The number of esters is 1. The number of hydrogen-bond donors (Lipinski definition) is 2. The Morgan fingerprint density at radius 2 is 1.82 bits per heavy atom. The molecular formula is C26H26N4O2S. The lowest BCUT2D eigenvalue weighted by atomic mass is 9.99. The standard InChI is InChI=1S/C26H26N4O2S/c1-3-30(26(28)33)23-11-7-10-22(25(31)32-4-2)24(23)29-17-18-12-14-19(15-13-18)21-9-6-5-8-20(21)16-27/h5-15,29H,3-4,17H2,1-2H3,(H2,28,33). The Bertz CT molecular complexity index is 1190. The molecule has 0 unspecified atom stereocenters. The molecule has 0 saturated carbocycles. The first-order valence-electron chi connectivity index (χ1n) is 10.7. The molecule has 0 saturated heterocycles. The van der Waals surface area contributed by atoms with Crippen LogP contribution in [0.3, 0.4) is 0 Å². The summed E-state index contributed by atoms with van der Waals surface area (Å²) in [5.74, 6) is -0.413. The highest BCUT2D eigenvalue weighted by atomic mass is 32.1. The number of nitrogens with two attached hydrogens (primary N) is 1. The van der Waals surface area contributed by atoms with Crippen molar-refractivity contribution in [1.29, 1.82) is 5.26 Å². The number of para-hydroxylation sites is 1. The summed E-state index contributed by atoms with van der Waals surface area (Å²) in [4.78, 5) is 14.4. The zero-order valence-corrected chi connectivity index (χ0v) is 19.5. The van der Waals surface area contributed by atoms with Gasteiger partial charge in [-0.2, -0.15) is 5.26 Å². The predicted octanol–water partition coefficient (Wildman–Crippen LogP) is 5.08. The minimum absolute atomic E-state index is 0.224. The highest BCUT2D eigenvalue weighted by molar-refractivity contribution is 7.80. The predicted molar refractivity (Wildman–Crippen MR) is 136 cm³/mol. The highest BCUT2D eigenvalue weighted by Crippen LogP contribution is 2.31. The molecule has 3 rings (SSSR count). The average molecular weight is 459 g/mol. The molecule has 0 spiro atoms. The Kier molecular flexibility index (Phi) is 8.01. The van der Waals surface area contributed by atoms with Gasteiger partial charge in [0.25, 0.3) is 0 Å². The molecule has 0 aliphatic heterocycles. The van der Waals surface area contributed by atoms with Gasteiger partial charge < -0.3 is 20.7 Å². The van der Waals surface area contributed by atoms with Gasteiger partial charge in [0, 0.05) is 13.1 Å². The second-order valence-corrected chi connectivity index (χ2v) is 7.63. The van der Waals surface area contributed by atoms with Gasteiger partial charge in [-0.05, 0) is 61.0 Å². The van der Waals surface area contributed by atoms with Gasteiger partial charge in [0.1, 0.15) is 0 Å².